The molecule has 4 rings (SSSR count). The number of carbonyl (C=O) groups is 2. The molecule has 30 heavy (non-hydrogen) atoms. The molecule has 9 heteroatoms. The molecular weight excluding hydrogens is 400 g/mol. The lowest BCUT2D eigenvalue weighted by atomic mass is 10.1. The number of anilines is 1. The van der Waals surface area contributed by atoms with E-state index in [1.54, 1.807) is 18.5 Å². The topological polar surface area (TPSA) is 102 Å². The molecule has 2 heterocycles. The maximum absolute atomic E-state index is 12.6. The summed E-state index contributed by atoms with van der Waals surface area (Å²) in [5.41, 5.74) is 2.27. The molecule has 1 aliphatic carbocycles. The van der Waals surface area contributed by atoms with Gasteiger partial charge in [0.05, 0.1) is 17.4 Å². The van der Waals surface area contributed by atoms with Crippen LogP contribution in [-0.2, 0) is 11.3 Å². The van der Waals surface area contributed by atoms with Crippen molar-refractivity contribution in [3.63, 3.8) is 0 Å². The summed E-state index contributed by atoms with van der Waals surface area (Å²) in [6.45, 7) is 5.45. The van der Waals surface area contributed by atoms with E-state index in [-0.39, 0.29) is 11.8 Å². The highest BCUT2D eigenvalue weighted by Crippen LogP contribution is 2.42. The third kappa shape index (κ3) is 5.02. The minimum absolute atomic E-state index is 0.0934. The van der Waals surface area contributed by atoms with Crippen molar-refractivity contribution in [3.05, 3.63) is 35.1 Å². The van der Waals surface area contributed by atoms with Crippen molar-refractivity contribution in [1.82, 2.24) is 25.1 Å². The van der Waals surface area contributed by atoms with Crippen LogP contribution in [0.1, 0.15) is 60.8 Å². The largest absolute Gasteiger partial charge is 0.356 e. The van der Waals surface area contributed by atoms with Gasteiger partial charge in [-0.3, -0.25) is 14.9 Å². The molecule has 0 radical (unpaired) electrons. The van der Waals surface area contributed by atoms with Crippen molar-refractivity contribution in [2.75, 3.05) is 11.9 Å². The zero-order chi connectivity index (χ0) is 21.1. The highest BCUT2D eigenvalue weighted by atomic mass is 32.1. The van der Waals surface area contributed by atoms with Crippen LogP contribution in [-0.4, -0.2) is 38.1 Å². The summed E-state index contributed by atoms with van der Waals surface area (Å²) in [7, 11) is 0. The van der Waals surface area contributed by atoms with Gasteiger partial charge >= 0.3 is 0 Å². The summed E-state index contributed by atoms with van der Waals surface area (Å²) in [5, 5.41) is 15.5. The Morgan fingerprint density at radius 2 is 2.10 bits per heavy atom. The molecular formula is C21H26N6O2S. The number of carbonyl (C=O) groups excluding carboxylic acids is 2. The number of nitrogens with zero attached hydrogens (tertiary/aromatic N) is 4. The van der Waals surface area contributed by atoms with Crippen molar-refractivity contribution >= 4 is 39.3 Å². The summed E-state index contributed by atoms with van der Waals surface area (Å²) in [6, 6.07) is 5.49. The number of hydrogen-bond donors (Lipinski definition) is 2. The number of hydrogen-bond acceptors (Lipinski definition) is 6. The van der Waals surface area contributed by atoms with Gasteiger partial charge in [-0.15, -0.1) is 10.2 Å². The van der Waals surface area contributed by atoms with Crippen LogP contribution in [0.2, 0.25) is 0 Å². The first-order valence-corrected chi connectivity index (χ1v) is 11.2. The maximum Gasteiger partial charge on any atom is 0.257 e. The lowest BCUT2D eigenvalue weighted by Gasteiger charge is -2.08. The van der Waals surface area contributed by atoms with Crippen molar-refractivity contribution in [1.29, 1.82) is 0 Å². The third-order valence-electron chi connectivity index (χ3n) is 4.96. The van der Waals surface area contributed by atoms with Crippen LogP contribution in [0.3, 0.4) is 0 Å². The van der Waals surface area contributed by atoms with Crippen LogP contribution in [0.5, 0.6) is 0 Å². The van der Waals surface area contributed by atoms with Gasteiger partial charge in [0.25, 0.3) is 5.91 Å². The molecule has 0 spiro atoms. The van der Waals surface area contributed by atoms with Crippen molar-refractivity contribution in [2.45, 2.75) is 52.0 Å². The Hall–Kier alpha value is -2.81. The van der Waals surface area contributed by atoms with Crippen LogP contribution in [0, 0.1) is 5.92 Å². The van der Waals surface area contributed by atoms with Crippen LogP contribution in [0.4, 0.5) is 5.13 Å². The molecule has 8 nitrogen and oxygen atoms in total. The number of aromatic nitrogens is 4. The molecule has 1 fully saturated rings. The van der Waals surface area contributed by atoms with E-state index in [9.17, 15) is 9.59 Å². The normalized spacial score (nSPS) is 13.7. The second-order valence-corrected chi connectivity index (χ2v) is 9.13. The standard InChI is InChI=1S/C21H26N6O2S/c1-13(2)10-18(28)22-8-3-9-27-12-23-16-11-15(6-7-17(16)27)19(29)24-21-26-25-20(30-21)14-4-5-14/h6-7,11-14H,3-5,8-10H2,1-2H3,(H,22,28)(H,24,26,29). The minimum Gasteiger partial charge on any atom is -0.356 e. The fourth-order valence-electron chi connectivity index (χ4n) is 3.25. The molecule has 1 aromatic carbocycles. The van der Waals surface area contributed by atoms with Gasteiger partial charge in [-0.05, 0) is 43.4 Å². The van der Waals surface area contributed by atoms with Gasteiger partial charge in [0.2, 0.25) is 11.0 Å². The number of amides is 2. The smallest absolute Gasteiger partial charge is 0.257 e. The molecule has 158 valence electrons. The number of benzene rings is 1. The number of fused-ring (bicyclic) bond motifs is 1. The average Bonchev–Trinajstić information content (AvgIpc) is 3.32. The first-order valence-electron chi connectivity index (χ1n) is 10.4. The zero-order valence-electron chi connectivity index (χ0n) is 17.2. The van der Waals surface area contributed by atoms with Gasteiger partial charge in [0.1, 0.15) is 5.01 Å². The van der Waals surface area contributed by atoms with Crippen LogP contribution in [0.25, 0.3) is 11.0 Å². The van der Waals surface area contributed by atoms with Crippen LogP contribution >= 0.6 is 11.3 Å². The van der Waals surface area contributed by atoms with Gasteiger partial charge in [0.15, 0.2) is 0 Å². The highest BCUT2D eigenvalue weighted by molar-refractivity contribution is 7.15. The molecule has 0 unspecified atom stereocenters. The fourth-order valence-corrected chi connectivity index (χ4v) is 4.16. The molecule has 0 atom stereocenters. The zero-order valence-corrected chi connectivity index (χ0v) is 18.0. The molecule has 2 amide bonds. The predicted octanol–water partition coefficient (Wildman–Crippen LogP) is 3.57. The van der Waals surface area contributed by atoms with Gasteiger partial charge in [-0.2, -0.15) is 0 Å². The van der Waals surface area contributed by atoms with Gasteiger partial charge < -0.3 is 9.88 Å². The summed E-state index contributed by atoms with van der Waals surface area (Å²) in [5.74, 6) is 0.770. The van der Waals surface area contributed by atoms with Gasteiger partial charge in [-0.1, -0.05) is 25.2 Å². The van der Waals surface area contributed by atoms with E-state index < -0.39 is 0 Å². The Morgan fingerprint density at radius 1 is 1.27 bits per heavy atom. The minimum atomic E-state index is -0.210. The SMILES string of the molecule is CC(C)CC(=O)NCCCn1cnc2cc(C(=O)Nc3nnc(C4CC4)s3)ccc21. The Balaban J connectivity index is 1.33. The second kappa shape index (κ2) is 8.91. The molecule has 3 aromatic rings. The quantitative estimate of drug-likeness (QED) is 0.509. The molecule has 1 aliphatic rings. The van der Waals surface area contributed by atoms with Crippen molar-refractivity contribution in [2.24, 2.45) is 5.92 Å². The molecule has 0 bridgehead atoms. The van der Waals surface area contributed by atoms with Crippen LogP contribution in [0.15, 0.2) is 24.5 Å². The van der Waals surface area contributed by atoms with E-state index >= 15 is 0 Å². The Bertz CT molecular complexity index is 1050. The summed E-state index contributed by atoms with van der Waals surface area (Å²) < 4.78 is 2.04. The van der Waals surface area contributed by atoms with E-state index in [0.717, 1.165) is 41.8 Å². The molecule has 2 N–H and O–H groups in total. The Morgan fingerprint density at radius 3 is 2.87 bits per heavy atom. The van der Waals surface area contributed by atoms with Crippen LogP contribution < -0.4 is 10.6 Å². The van der Waals surface area contributed by atoms with Crippen molar-refractivity contribution < 1.29 is 9.59 Å². The third-order valence-corrected chi connectivity index (χ3v) is 5.96. The monoisotopic (exact) mass is 426 g/mol. The van der Waals surface area contributed by atoms with E-state index in [1.165, 1.54) is 11.3 Å². The molecule has 1 saturated carbocycles. The van der Waals surface area contributed by atoms with E-state index in [0.29, 0.717) is 35.5 Å². The number of rotatable bonds is 9. The fraction of sp³-hybridized carbons (Fsp3) is 0.476. The lowest BCUT2D eigenvalue weighted by molar-refractivity contribution is -0.121. The lowest BCUT2D eigenvalue weighted by Crippen LogP contribution is -2.26. The first-order chi connectivity index (χ1) is 14.5. The second-order valence-electron chi connectivity index (χ2n) is 8.12. The van der Waals surface area contributed by atoms with Gasteiger partial charge in [-0.25, -0.2) is 4.98 Å². The summed E-state index contributed by atoms with van der Waals surface area (Å²) in [6.07, 6.45) is 5.46. The van der Waals surface area contributed by atoms with E-state index in [2.05, 4.69) is 25.8 Å². The highest BCUT2D eigenvalue weighted by Gasteiger charge is 2.27. The number of aryl methyl sites for hydroxylation is 1. The Kier molecular flexibility index (Phi) is 6.08. The summed E-state index contributed by atoms with van der Waals surface area (Å²) in [4.78, 5) is 28.7. The summed E-state index contributed by atoms with van der Waals surface area (Å²) >= 11 is 1.45. The Labute approximate surface area is 179 Å². The molecule has 0 aliphatic heterocycles. The average molecular weight is 427 g/mol. The van der Waals surface area contributed by atoms with Crippen molar-refractivity contribution in [3.8, 4) is 0 Å². The first kappa shape index (κ1) is 20.5. The predicted molar refractivity (Wildman–Crippen MR) is 117 cm³/mol. The maximum atomic E-state index is 12.6. The number of nitrogens with one attached hydrogen (secondary N) is 2. The van der Waals surface area contributed by atoms with E-state index in [4.69, 9.17) is 0 Å². The van der Waals surface area contributed by atoms with E-state index in [1.807, 2.05) is 24.5 Å². The molecule has 2 aromatic heterocycles. The number of imidazole rings is 1. The van der Waals surface area contributed by atoms with Gasteiger partial charge in [0, 0.05) is 31.0 Å². The molecule has 0 saturated heterocycles.